The van der Waals surface area contributed by atoms with E-state index in [2.05, 4.69) is 21.4 Å². The summed E-state index contributed by atoms with van der Waals surface area (Å²) >= 11 is 0. The molecule has 0 fully saturated rings. The van der Waals surface area contributed by atoms with Gasteiger partial charge in [-0.15, -0.1) is 0 Å². The average Bonchev–Trinajstić information content (AvgIpc) is 2.92. The third-order valence-electron chi connectivity index (χ3n) is 3.61. The molecule has 0 spiro atoms. The van der Waals surface area contributed by atoms with Crippen LogP contribution in [-0.4, -0.2) is 40.5 Å². The van der Waals surface area contributed by atoms with Crippen molar-refractivity contribution in [3.05, 3.63) is 36.2 Å². The number of aromatic amines is 1. The van der Waals surface area contributed by atoms with Crippen LogP contribution in [0.3, 0.4) is 0 Å². The highest BCUT2D eigenvalue weighted by Gasteiger charge is 2.19. The molecule has 0 aromatic carbocycles. The van der Waals surface area contributed by atoms with Crippen LogP contribution >= 0.6 is 0 Å². The minimum atomic E-state index is 0.0138. The Morgan fingerprint density at radius 3 is 3.20 bits per heavy atom. The zero-order valence-electron chi connectivity index (χ0n) is 11.5. The summed E-state index contributed by atoms with van der Waals surface area (Å²) in [6, 6.07) is 3.96. The van der Waals surface area contributed by atoms with E-state index in [9.17, 15) is 4.79 Å². The van der Waals surface area contributed by atoms with Gasteiger partial charge in [0.15, 0.2) is 0 Å². The van der Waals surface area contributed by atoms with Gasteiger partial charge in [0, 0.05) is 37.6 Å². The lowest BCUT2D eigenvalue weighted by Gasteiger charge is -2.26. The van der Waals surface area contributed by atoms with Crippen LogP contribution in [0.2, 0.25) is 0 Å². The van der Waals surface area contributed by atoms with Gasteiger partial charge in [0.2, 0.25) is 0 Å². The molecule has 2 aromatic rings. The van der Waals surface area contributed by atoms with Gasteiger partial charge in [0.1, 0.15) is 0 Å². The number of pyridine rings is 1. The van der Waals surface area contributed by atoms with Crippen molar-refractivity contribution in [2.75, 3.05) is 19.6 Å². The number of nitrogens with one attached hydrogen (secondary N) is 2. The number of nitrogens with zero attached hydrogens (tertiary/aromatic N) is 2. The van der Waals surface area contributed by atoms with Gasteiger partial charge in [-0.2, -0.15) is 0 Å². The summed E-state index contributed by atoms with van der Waals surface area (Å²) in [6.45, 7) is 4.00. The molecule has 3 heterocycles. The molecule has 104 valence electrons. The summed E-state index contributed by atoms with van der Waals surface area (Å²) < 4.78 is 0. The van der Waals surface area contributed by atoms with E-state index in [4.69, 9.17) is 0 Å². The van der Waals surface area contributed by atoms with E-state index in [1.54, 1.807) is 0 Å². The number of hydrogen-bond acceptors (Lipinski definition) is 2. The molecule has 0 saturated carbocycles. The number of rotatable bonds is 2. The second-order valence-corrected chi connectivity index (χ2v) is 4.86. The Morgan fingerprint density at radius 2 is 2.45 bits per heavy atom. The molecule has 1 aliphatic heterocycles. The van der Waals surface area contributed by atoms with Gasteiger partial charge in [-0.1, -0.05) is 6.08 Å². The summed E-state index contributed by atoms with van der Waals surface area (Å²) in [5.74, 6) is 0. The minimum Gasteiger partial charge on any atom is -0.359 e. The fourth-order valence-electron chi connectivity index (χ4n) is 2.56. The minimum absolute atomic E-state index is 0.0138. The molecule has 0 saturated heterocycles. The Balaban J connectivity index is 1.81. The van der Waals surface area contributed by atoms with E-state index < -0.39 is 0 Å². The highest BCUT2D eigenvalue weighted by atomic mass is 16.2. The van der Waals surface area contributed by atoms with Crippen LogP contribution in [-0.2, 0) is 0 Å². The monoisotopic (exact) mass is 270 g/mol. The molecule has 2 N–H and O–H groups in total. The molecule has 20 heavy (non-hydrogen) atoms. The number of fused-ring (bicyclic) bond motifs is 1. The van der Waals surface area contributed by atoms with E-state index in [0.717, 1.165) is 29.6 Å². The quantitative estimate of drug-likeness (QED) is 0.880. The Labute approximate surface area is 117 Å². The van der Waals surface area contributed by atoms with Gasteiger partial charge in [-0.05, 0) is 31.1 Å². The van der Waals surface area contributed by atoms with Crippen LogP contribution < -0.4 is 5.32 Å². The van der Waals surface area contributed by atoms with Gasteiger partial charge in [-0.25, -0.2) is 4.79 Å². The first-order valence-corrected chi connectivity index (χ1v) is 6.94. The van der Waals surface area contributed by atoms with Crippen molar-refractivity contribution in [2.45, 2.75) is 13.3 Å². The van der Waals surface area contributed by atoms with Gasteiger partial charge in [0.25, 0.3) is 0 Å². The lowest BCUT2D eigenvalue weighted by Crippen LogP contribution is -2.41. The SMILES string of the molecule is CCNC(=O)N1CC=C(c2c[nH]c3cccnc23)CC1. The summed E-state index contributed by atoms with van der Waals surface area (Å²) in [6.07, 6.45) is 6.80. The van der Waals surface area contributed by atoms with Crippen LogP contribution in [0.25, 0.3) is 16.6 Å². The van der Waals surface area contributed by atoms with Gasteiger partial charge in [-0.3, -0.25) is 4.98 Å². The maximum atomic E-state index is 11.8. The van der Waals surface area contributed by atoms with Crippen molar-refractivity contribution >= 4 is 22.6 Å². The molecule has 0 bridgehead atoms. The zero-order chi connectivity index (χ0) is 13.9. The van der Waals surface area contributed by atoms with Crippen molar-refractivity contribution in [3.8, 4) is 0 Å². The molecule has 3 rings (SSSR count). The van der Waals surface area contributed by atoms with Crippen molar-refractivity contribution < 1.29 is 4.79 Å². The molecular formula is C15H18N4O. The molecule has 2 aromatic heterocycles. The lowest BCUT2D eigenvalue weighted by molar-refractivity contribution is 0.203. The first kappa shape index (κ1) is 12.7. The van der Waals surface area contributed by atoms with E-state index in [1.165, 1.54) is 5.57 Å². The van der Waals surface area contributed by atoms with E-state index in [0.29, 0.717) is 13.1 Å². The molecule has 5 nitrogen and oxygen atoms in total. The smallest absolute Gasteiger partial charge is 0.317 e. The zero-order valence-corrected chi connectivity index (χ0v) is 11.5. The first-order chi connectivity index (χ1) is 9.79. The van der Waals surface area contributed by atoms with Crippen LogP contribution in [0.5, 0.6) is 0 Å². The van der Waals surface area contributed by atoms with Crippen LogP contribution in [0, 0.1) is 0 Å². The Morgan fingerprint density at radius 1 is 1.55 bits per heavy atom. The van der Waals surface area contributed by atoms with Crippen molar-refractivity contribution in [2.24, 2.45) is 0 Å². The third-order valence-corrected chi connectivity index (χ3v) is 3.61. The van der Waals surface area contributed by atoms with Gasteiger partial charge >= 0.3 is 6.03 Å². The fraction of sp³-hybridized carbons (Fsp3) is 0.333. The normalized spacial score (nSPS) is 15.2. The number of urea groups is 1. The second-order valence-electron chi connectivity index (χ2n) is 4.86. The average molecular weight is 270 g/mol. The molecule has 2 amide bonds. The molecule has 5 heteroatoms. The number of aromatic nitrogens is 2. The molecule has 0 aliphatic carbocycles. The Bertz CT molecular complexity index is 659. The van der Waals surface area contributed by atoms with Gasteiger partial charge in [0.05, 0.1) is 11.0 Å². The second kappa shape index (κ2) is 5.36. The molecular weight excluding hydrogens is 252 g/mol. The molecule has 0 radical (unpaired) electrons. The summed E-state index contributed by atoms with van der Waals surface area (Å²) in [4.78, 5) is 21.3. The van der Waals surface area contributed by atoms with Gasteiger partial charge < -0.3 is 15.2 Å². The number of carbonyl (C=O) groups excluding carboxylic acids is 1. The van der Waals surface area contributed by atoms with E-state index in [1.807, 2.05) is 36.4 Å². The predicted molar refractivity (Wildman–Crippen MR) is 79.3 cm³/mol. The fourth-order valence-corrected chi connectivity index (χ4v) is 2.56. The maximum absolute atomic E-state index is 11.8. The van der Waals surface area contributed by atoms with Crippen LogP contribution in [0.4, 0.5) is 4.79 Å². The predicted octanol–water partition coefficient (Wildman–Crippen LogP) is 2.38. The molecule has 1 aliphatic rings. The largest absolute Gasteiger partial charge is 0.359 e. The highest BCUT2D eigenvalue weighted by Crippen LogP contribution is 2.27. The van der Waals surface area contributed by atoms with E-state index in [-0.39, 0.29) is 6.03 Å². The number of hydrogen-bond donors (Lipinski definition) is 2. The van der Waals surface area contributed by atoms with Crippen molar-refractivity contribution in [3.63, 3.8) is 0 Å². The highest BCUT2D eigenvalue weighted by molar-refractivity contribution is 5.90. The number of H-pyrrole nitrogens is 1. The topological polar surface area (TPSA) is 61.0 Å². The first-order valence-electron chi connectivity index (χ1n) is 6.94. The Hall–Kier alpha value is -2.30. The van der Waals surface area contributed by atoms with Crippen LogP contribution in [0.1, 0.15) is 18.9 Å². The maximum Gasteiger partial charge on any atom is 0.317 e. The number of carbonyl (C=O) groups is 1. The van der Waals surface area contributed by atoms with Crippen molar-refractivity contribution in [1.29, 1.82) is 0 Å². The lowest BCUT2D eigenvalue weighted by atomic mass is 10.0. The Kier molecular flexibility index (Phi) is 3.41. The molecule has 0 atom stereocenters. The summed E-state index contributed by atoms with van der Waals surface area (Å²) in [5.41, 5.74) is 4.46. The third kappa shape index (κ3) is 2.27. The molecule has 0 unspecified atom stereocenters. The van der Waals surface area contributed by atoms with Crippen LogP contribution in [0.15, 0.2) is 30.6 Å². The standard InChI is InChI=1S/C15H18N4O/c1-2-16-15(20)19-8-5-11(6-9-19)12-10-18-13-4-3-7-17-14(12)13/h3-5,7,10,18H,2,6,8-9H2,1H3,(H,16,20). The number of amides is 2. The summed E-state index contributed by atoms with van der Waals surface area (Å²) in [7, 11) is 0. The summed E-state index contributed by atoms with van der Waals surface area (Å²) in [5, 5.41) is 2.83. The van der Waals surface area contributed by atoms with E-state index >= 15 is 0 Å². The van der Waals surface area contributed by atoms with Crippen molar-refractivity contribution in [1.82, 2.24) is 20.2 Å².